The van der Waals surface area contributed by atoms with Gasteiger partial charge in [0.25, 0.3) is 0 Å². The Hall–Kier alpha value is -0.980. The van der Waals surface area contributed by atoms with E-state index in [-0.39, 0.29) is 13.2 Å². The number of aliphatic hydroxyl groups is 3. The smallest absolute Gasteiger partial charge is 0.184 e. The number of hydrogen-bond donors (Lipinski definition) is 3. The molecule has 0 amide bonds. The largest absolute Gasteiger partial charge is 0.388 e. The van der Waals surface area contributed by atoms with Crippen molar-refractivity contribution >= 4 is 0 Å². The molecule has 0 spiro atoms. The molecule has 1 aromatic rings. The van der Waals surface area contributed by atoms with Crippen molar-refractivity contribution in [1.29, 1.82) is 0 Å². The molecule has 1 heterocycles. The molecule has 17 heavy (non-hydrogen) atoms. The zero-order valence-corrected chi connectivity index (χ0v) is 9.27. The van der Waals surface area contributed by atoms with E-state index in [1.54, 1.807) is 0 Å². The lowest BCUT2D eigenvalue weighted by Gasteiger charge is -2.30. The Balaban J connectivity index is 2.06. The monoisotopic (exact) mass is 240 g/mol. The topological polar surface area (TPSA) is 79.2 Å². The average molecular weight is 240 g/mol. The van der Waals surface area contributed by atoms with Crippen molar-refractivity contribution in [2.75, 3.05) is 13.2 Å². The van der Waals surface area contributed by atoms with Gasteiger partial charge in [-0.05, 0) is 0 Å². The molecule has 0 aliphatic carbocycles. The van der Waals surface area contributed by atoms with Crippen LogP contribution < -0.4 is 0 Å². The number of rotatable bonds is 1. The highest BCUT2D eigenvalue weighted by atomic mass is 16.7. The summed E-state index contributed by atoms with van der Waals surface area (Å²) in [6.07, 6.45) is -4.10. The summed E-state index contributed by atoms with van der Waals surface area (Å²) in [5.41, 5.74) is 0.809. The molecule has 2 rings (SSSR count). The van der Waals surface area contributed by atoms with Gasteiger partial charge < -0.3 is 24.8 Å². The van der Waals surface area contributed by atoms with Crippen LogP contribution in [0.2, 0.25) is 0 Å². The second kappa shape index (κ2) is 5.57. The lowest BCUT2D eigenvalue weighted by molar-refractivity contribution is -0.221. The normalized spacial score (nSPS) is 35.0. The first-order chi connectivity index (χ1) is 8.18. The Kier molecular flexibility index (Phi) is 4.09. The standard InChI is InChI=1S/C12H16O5/c13-9-6-16-12(8-4-2-1-3-5-8)17-7-10(14)11(9)15/h1-5,9-15H,6-7H2/t9-,10+,11?,12?. The molecular formula is C12H16O5. The Morgan fingerprint density at radius 2 is 1.41 bits per heavy atom. The minimum absolute atomic E-state index is 0.0855. The van der Waals surface area contributed by atoms with Gasteiger partial charge in [-0.3, -0.25) is 0 Å². The quantitative estimate of drug-likeness (QED) is 0.634. The Morgan fingerprint density at radius 3 is 1.94 bits per heavy atom. The van der Waals surface area contributed by atoms with Gasteiger partial charge in [0, 0.05) is 5.56 Å². The predicted octanol–water partition coefficient (Wildman–Crippen LogP) is -0.185. The fraction of sp³-hybridized carbons (Fsp3) is 0.500. The fourth-order valence-electron chi connectivity index (χ4n) is 1.68. The molecule has 3 N–H and O–H groups in total. The first kappa shape index (κ1) is 12.5. The van der Waals surface area contributed by atoms with E-state index in [9.17, 15) is 15.3 Å². The molecular weight excluding hydrogens is 224 g/mol. The molecule has 1 aliphatic rings. The molecule has 0 bridgehead atoms. The van der Waals surface area contributed by atoms with Crippen LogP contribution in [0.1, 0.15) is 11.9 Å². The third-order valence-corrected chi connectivity index (χ3v) is 2.70. The van der Waals surface area contributed by atoms with Crippen LogP contribution in [-0.2, 0) is 9.47 Å². The van der Waals surface area contributed by atoms with Gasteiger partial charge in [-0.25, -0.2) is 0 Å². The van der Waals surface area contributed by atoms with E-state index < -0.39 is 24.6 Å². The highest BCUT2D eigenvalue weighted by Gasteiger charge is 2.30. The summed E-state index contributed by atoms with van der Waals surface area (Å²) in [5, 5.41) is 28.5. The Labute approximate surface area is 99.2 Å². The summed E-state index contributed by atoms with van der Waals surface area (Å²) in [6, 6.07) is 9.24. The average Bonchev–Trinajstić information content (AvgIpc) is 2.37. The lowest BCUT2D eigenvalue weighted by atomic mass is 10.1. The molecule has 0 aromatic heterocycles. The van der Waals surface area contributed by atoms with Crippen LogP contribution in [0.25, 0.3) is 0 Å². The second-order valence-corrected chi connectivity index (χ2v) is 4.03. The predicted molar refractivity (Wildman–Crippen MR) is 59.1 cm³/mol. The van der Waals surface area contributed by atoms with Gasteiger partial charge in [-0.1, -0.05) is 30.3 Å². The van der Waals surface area contributed by atoms with Crippen molar-refractivity contribution < 1.29 is 24.8 Å². The van der Waals surface area contributed by atoms with Crippen LogP contribution in [0, 0.1) is 0 Å². The van der Waals surface area contributed by atoms with Crippen LogP contribution in [0.3, 0.4) is 0 Å². The zero-order valence-electron chi connectivity index (χ0n) is 9.27. The highest BCUT2D eigenvalue weighted by molar-refractivity contribution is 5.16. The van der Waals surface area contributed by atoms with E-state index in [2.05, 4.69) is 0 Å². The lowest BCUT2D eigenvalue weighted by Crippen LogP contribution is -2.44. The van der Waals surface area contributed by atoms with Gasteiger partial charge in [0.2, 0.25) is 0 Å². The maximum atomic E-state index is 9.53. The van der Waals surface area contributed by atoms with Gasteiger partial charge in [0.1, 0.15) is 18.3 Å². The summed E-state index contributed by atoms with van der Waals surface area (Å²) in [7, 11) is 0. The van der Waals surface area contributed by atoms with Crippen molar-refractivity contribution in [3.8, 4) is 0 Å². The van der Waals surface area contributed by atoms with Crippen LogP contribution in [0.4, 0.5) is 0 Å². The molecule has 2 unspecified atom stereocenters. The molecule has 5 nitrogen and oxygen atoms in total. The van der Waals surface area contributed by atoms with Gasteiger partial charge in [0.15, 0.2) is 6.29 Å². The first-order valence-electron chi connectivity index (χ1n) is 5.51. The third kappa shape index (κ3) is 3.02. The number of aliphatic hydroxyl groups excluding tert-OH is 3. The van der Waals surface area contributed by atoms with E-state index in [4.69, 9.17) is 9.47 Å². The molecule has 1 fully saturated rings. The summed E-state index contributed by atoms with van der Waals surface area (Å²) in [5.74, 6) is 0. The molecule has 4 atom stereocenters. The van der Waals surface area contributed by atoms with E-state index in [0.717, 1.165) is 5.56 Å². The maximum Gasteiger partial charge on any atom is 0.184 e. The molecule has 1 aliphatic heterocycles. The van der Waals surface area contributed by atoms with Crippen molar-refractivity contribution in [1.82, 2.24) is 0 Å². The van der Waals surface area contributed by atoms with E-state index >= 15 is 0 Å². The molecule has 0 radical (unpaired) electrons. The summed E-state index contributed by atoms with van der Waals surface area (Å²) in [6.45, 7) is -0.171. The molecule has 0 saturated carbocycles. The Morgan fingerprint density at radius 1 is 0.882 bits per heavy atom. The fourth-order valence-corrected chi connectivity index (χ4v) is 1.68. The molecule has 94 valence electrons. The van der Waals surface area contributed by atoms with Crippen molar-refractivity contribution in [3.05, 3.63) is 35.9 Å². The van der Waals surface area contributed by atoms with Crippen LogP contribution in [0.15, 0.2) is 30.3 Å². The van der Waals surface area contributed by atoms with Gasteiger partial charge in [-0.2, -0.15) is 0 Å². The van der Waals surface area contributed by atoms with Crippen LogP contribution in [0.5, 0.6) is 0 Å². The molecule has 1 aromatic carbocycles. The van der Waals surface area contributed by atoms with Gasteiger partial charge in [0.05, 0.1) is 13.2 Å². The summed E-state index contributed by atoms with van der Waals surface area (Å²) < 4.78 is 10.7. The SMILES string of the molecule is OC1[C@H](O)COC(c2ccccc2)OC[C@@H]1O. The van der Waals surface area contributed by atoms with Crippen molar-refractivity contribution in [3.63, 3.8) is 0 Å². The van der Waals surface area contributed by atoms with Crippen molar-refractivity contribution in [2.24, 2.45) is 0 Å². The zero-order chi connectivity index (χ0) is 12.3. The summed E-state index contributed by atoms with van der Waals surface area (Å²) >= 11 is 0. The second-order valence-electron chi connectivity index (χ2n) is 4.03. The maximum absolute atomic E-state index is 9.53. The number of ether oxygens (including phenoxy) is 2. The Bertz CT molecular complexity index is 328. The van der Waals surface area contributed by atoms with Gasteiger partial charge >= 0.3 is 0 Å². The molecule has 1 saturated heterocycles. The van der Waals surface area contributed by atoms with E-state index in [1.165, 1.54) is 0 Å². The molecule has 5 heteroatoms. The van der Waals surface area contributed by atoms with E-state index in [0.29, 0.717) is 0 Å². The minimum atomic E-state index is -1.24. The van der Waals surface area contributed by atoms with Crippen LogP contribution >= 0.6 is 0 Å². The van der Waals surface area contributed by atoms with Crippen molar-refractivity contribution in [2.45, 2.75) is 24.6 Å². The minimum Gasteiger partial charge on any atom is -0.388 e. The number of hydrogen-bond acceptors (Lipinski definition) is 5. The first-order valence-corrected chi connectivity index (χ1v) is 5.51. The highest BCUT2D eigenvalue weighted by Crippen LogP contribution is 2.22. The third-order valence-electron chi connectivity index (χ3n) is 2.70. The van der Waals surface area contributed by atoms with Crippen LogP contribution in [-0.4, -0.2) is 46.8 Å². The van der Waals surface area contributed by atoms with Gasteiger partial charge in [-0.15, -0.1) is 0 Å². The summed E-state index contributed by atoms with van der Waals surface area (Å²) in [4.78, 5) is 0. The van der Waals surface area contributed by atoms with E-state index in [1.807, 2.05) is 30.3 Å². The number of benzene rings is 1.